The number of hydrogen-bond donors (Lipinski definition) is 2. The van der Waals surface area contributed by atoms with E-state index >= 15 is 0 Å². The number of rotatable bonds is 5. The highest BCUT2D eigenvalue weighted by molar-refractivity contribution is 7.90. The second-order valence-electron chi connectivity index (χ2n) is 9.70. The first-order valence-electron chi connectivity index (χ1n) is 11.4. The summed E-state index contributed by atoms with van der Waals surface area (Å²) in [5.41, 5.74) is 5.26. The van der Waals surface area contributed by atoms with Crippen LogP contribution in [-0.2, 0) is 16.2 Å². The third-order valence-corrected chi connectivity index (χ3v) is 7.65. The van der Waals surface area contributed by atoms with Crippen LogP contribution >= 0.6 is 0 Å². The SMILES string of the molecule is C[C@@H]1CN(c2nc(-c3ccc(C(F)(F)F)cc3)ccc2C(=O)NS(=O)(=O)c2cccnc2N)C(C)(C)C1. The Kier molecular flexibility index (Phi) is 6.65. The maximum atomic E-state index is 13.3. The largest absolute Gasteiger partial charge is 0.416 e. The number of hydrogen-bond acceptors (Lipinski definition) is 7. The van der Waals surface area contributed by atoms with Crippen LogP contribution in [0.15, 0.2) is 59.6 Å². The van der Waals surface area contributed by atoms with E-state index in [1.54, 1.807) is 0 Å². The molecule has 1 saturated heterocycles. The molecule has 4 rings (SSSR count). The fraction of sp³-hybridized carbons (Fsp3) is 0.320. The lowest BCUT2D eigenvalue weighted by Crippen LogP contribution is -2.41. The lowest BCUT2D eigenvalue weighted by Gasteiger charge is -2.34. The minimum atomic E-state index is -4.47. The van der Waals surface area contributed by atoms with Crippen molar-refractivity contribution in [3.63, 3.8) is 0 Å². The van der Waals surface area contributed by atoms with Gasteiger partial charge in [0.1, 0.15) is 16.5 Å². The second-order valence-corrected chi connectivity index (χ2v) is 11.3. The average molecular weight is 534 g/mol. The van der Waals surface area contributed by atoms with Crippen molar-refractivity contribution < 1.29 is 26.4 Å². The van der Waals surface area contributed by atoms with Gasteiger partial charge in [-0.25, -0.2) is 23.1 Å². The Morgan fingerprint density at radius 2 is 1.81 bits per heavy atom. The van der Waals surface area contributed by atoms with E-state index in [0.717, 1.165) is 18.6 Å². The number of carbonyl (C=O) groups excluding carboxylic acids is 1. The molecule has 0 bridgehead atoms. The molecule has 0 aliphatic carbocycles. The number of pyridine rings is 2. The number of amides is 1. The molecular formula is C25H26F3N5O3S. The van der Waals surface area contributed by atoms with E-state index in [1.165, 1.54) is 42.6 Å². The summed E-state index contributed by atoms with van der Waals surface area (Å²) in [7, 11) is -4.34. The molecule has 3 heterocycles. The van der Waals surface area contributed by atoms with Gasteiger partial charge in [0, 0.05) is 23.8 Å². The zero-order chi connectivity index (χ0) is 27.2. The molecule has 3 N–H and O–H groups in total. The lowest BCUT2D eigenvalue weighted by molar-refractivity contribution is -0.137. The zero-order valence-electron chi connectivity index (χ0n) is 20.4. The predicted molar refractivity (Wildman–Crippen MR) is 133 cm³/mol. The molecule has 37 heavy (non-hydrogen) atoms. The van der Waals surface area contributed by atoms with Crippen molar-refractivity contribution in [2.24, 2.45) is 5.92 Å². The topological polar surface area (TPSA) is 118 Å². The molecular weight excluding hydrogens is 507 g/mol. The lowest BCUT2D eigenvalue weighted by atomic mass is 9.97. The molecule has 0 unspecified atom stereocenters. The molecule has 1 aliphatic rings. The maximum absolute atomic E-state index is 13.3. The number of carbonyl (C=O) groups is 1. The zero-order valence-corrected chi connectivity index (χ0v) is 21.2. The van der Waals surface area contributed by atoms with Crippen LogP contribution in [0, 0.1) is 5.92 Å². The minimum absolute atomic E-state index is 0.00359. The molecule has 8 nitrogen and oxygen atoms in total. The molecule has 3 aromatic rings. The Bertz CT molecular complexity index is 1440. The number of nitrogens with one attached hydrogen (secondary N) is 1. The molecule has 1 atom stereocenters. The van der Waals surface area contributed by atoms with E-state index in [2.05, 4.69) is 16.9 Å². The van der Waals surface area contributed by atoms with E-state index in [4.69, 9.17) is 5.73 Å². The van der Waals surface area contributed by atoms with Crippen LogP contribution < -0.4 is 15.4 Å². The van der Waals surface area contributed by atoms with Crippen molar-refractivity contribution in [3.8, 4) is 11.3 Å². The molecule has 1 fully saturated rings. The number of nitrogen functional groups attached to an aromatic ring is 1. The van der Waals surface area contributed by atoms with Crippen LogP contribution in [0.25, 0.3) is 11.3 Å². The molecule has 1 aromatic carbocycles. The van der Waals surface area contributed by atoms with Crippen molar-refractivity contribution in [3.05, 3.63) is 65.9 Å². The van der Waals surface area contributed by atoms with Gasteiger partial charge in [0.05, 0.1) is 16.8 Å². The fourth-order valence-electron chi connectivity index (χ4n) is 4.64. The third-order valence-electron chi connectivity index (χ3n) is 6.27. The van der Waals surface area contributed by atoms with Gasteiger partial charge >= 0.3 is 6.18 Å². The van der Waals surface area contributed by atoms with Gasteiger partial charge in [0.15, 0.2) is 0 Å². The van der Waals surface area contributed by atoms with Gasteiger partial charge in [-0.3, -0.25) is 4.79 Å². The first kappa shape index (κ1) is 26.4. The first-order chi connectivity index (χ1) is 17.2. The van der Waals surface area contributed by atoms with Crippen molar-refractivity contribution in [1.29, 1.82) is 0 Å². The van der Waals surface area contributed by atoms with Gasteiger partial charge < -0.3 is 10.6 Å². The average Bonchev–Trinajstić information content (AvgIpc) is 3.09. The number of alkyl halides is 3. The Hall–Kier alpha value is -3.67. The van der Waals surface area contributed by atoms with Gasteiger partial charge in [-0.15, -0.1) is 0 Å². The standard InChI is InChI=1S/C25H26F3N5O3S/c1-15-13-24(2,3)33(14-15)22-18(23(34)32-37(35,36)20-5-4-12-30-21(20)29)10-11-19(31-22)16-6-8-17(9-7-16)25(26,27)28/h4-12,15H,13-14H2,1-3H3,(H2,29,30)(H,32,34)/t15-/m0/s1. The molecule has 196 valence electrons. The van der Waals surface area contributed by atoms with Crippen LogP contribution in [-0.4, -0.2) is 36.4 Å². The smallest absolute Gasteiger partial charge is 0.383 e. The summed E-state index contributed by atoms with van der Waals surface area (Å²) in [4.78, 5) is 23.3. The van der Waals surface area contributed by atoms with E-state index in [1.807, 2.05) is 23.5 Å². The van der Waals surface area contributed by atoms with Gasteiger partial charge in [-0.05, 0) is 62.6 Å². The number of benzene rings is 1. The van der Waals surface area contributed by atoms with Crippen LogP contribution in [0.1, 0.15) is 43.1 Å². The highest BCUT2D eigenvalue weighted by atomic mass is 32.2. The number of nitrogens with zero attached hydrogens (tertiary/aromatic N) is 3. The van der Waals surface area contributed by atoms with Crippen LogP contribution in [0.5, 0.6) is 0 Å². The van der Waals surface area contributed by atoms with Crippen LogP contribution in [0.2, 0.25) is 0 Å². The van der Waals surface area contributed by atoms with Crippen molar-refractivity contribution >= 4 is 27.6 Å². The number of halogens is 3. The molecule has 0 spiro atoms. The Morgan fingerprint density at radius 3 is 2.38 bits per heavy atom. The third kappa shape index (κ3) is 5.38. The van der Waals surface area contributed by atoms with E-state index < -0.39 is 33.2 Å². The molecule has 0 saturated carbocycles. The van der Waals surface area contributed by atoms with Crippen molar-refractivity contribution in [2.45, 2.75) is 43.8 Å². The van der Waals surface area contributed by atoms with Gasteiger partial charge in [-0.2, -0.15) is 13.2 Å². The predicted octanol–water partition coefficient (Wildman–Crippen LogP) is 4.49. The number of sulfonamides is 1. The van der Waals surface area contributed by atoms with Gasteiger partial charge in [0.25, 0.3) is 15.9 Å². The summed E-state index contributed by atoms with van der Waals surface area (Å²) >= 11 is 0. The number of anilines is 2. The summed E-state index contributed by atoms with van der Waals surface area (Å²) in [6.45, 7) is 6.57. The number of aromatic nitrogens is 2. The summed E-state index contributed by atoms with van der Waals surface area (Å²) in [6.07, 6.45) is -2.35. The molecule has 1 amide bonds. The first-order valence-corrected chi connectivity index (χ1v) is 12.9. The highest BCUT2D eigenvalue weighted by Crippen LogP contribution is 2.38. The Balaban J connectivity index is 1.77. The van der Waals surface area contributed by atoms with E-state index in [9.17, 15) is 26.4 Å². The molecule has 1 aliphatic heterocycles. The second kappa shape index (κ2) is 9.33. The molecule has 0 radical (unpaired) electrons. The summed E-state index contributed by atoms with van der Waals surface area (Å²) in [6, 6.07) is 10.0. The minimum Gasteiger partial charge on any atom is -0.383 e. The van der Waals surface area contributed by atoms with E-state index in [-0.39, 0.29) is 28.0 Å². The fourth-order valence-corrected chi connectivity index (χ4v) is 5.69. The van der Waals surface area contributed by atoms with Gasteiger partial charge in [0.2, 0.25) is 0 Å². The monoisotopic (exact) mass is 533 g/mol. The van der Waals surface area contributed by atoms with Crippen molar-refractivity contribution in [1.82, 2.24) is 14.7 Å². The van der Waals surface area contributed by atoms with Crippen molar-refractivity contribution in [2.75, 3.05) is 17.2 Å². The van der Waals surface area contributed by atoms with E-state index in [0.29, 0.717) is 17.8 Å². The van der Waals surface area contributed by atoms with Crippen LogP contribution in [0.4, 0.5) is 24.8 Å². The molecule has 12 heteroatoms. The molecule has 2 aromatic heterocycles. The summed E-state index contributed by atoms with van der Waals surface area (Å²) < 4.78 is 66.8. The quantitative estimate of drug-likeness (QED) is 0.496. The highest BCUT2D eigenvalue weighted by Gasteiger charge is 2.39. The maximum Gasteiger partial charge on any atom is 0.416 e. The summed E-state index contributed by atoms with van der Waals surface area (Å²) in [5, 5.41) is 0. The summed E-state index contributed by atoms with van der Waals surface area (Å²) in [5.74, 6) is -0.673. The Morgan fingerprint density at radius 1 is 1.14 bits per heavy atom. The number of nitrogens with two attached hydrogens (primary N) is 1. The van der Waals surface area contributed by atoms with Crippen LogP contribution in [0.3, 0.4) is 0 Å². The normalized spacial score (nSPS) is 17.6. The Labute approximate surface area is 212 Å². The van der Waals surface area contributed by atoms with Gasteiger partial charge in [-0.1, -0.05) is 19.1 Å².